The lowest BCUT2D eigenvalue weighted by atomic mass is 9.86. The minimum Gasteiger partial charge on any atom is -0.508 e. The summed E-state index contributed by atoms with van der Waals surface area (Å²) in [5, 5.41) is 20.8. The third-order valence-electron chi connectivity index (χ3n) is 10.6. The van der Waals surface area contributed by atoms with Crippen molar-refractivity contribution in [2.24, 2.45) is 0 Å². The molecule has 4 aromatic carbocycles. The van der Waals surface area contributed by atoms with E-state index < -0.39 is 0 Å². The predicted octanol–water partition coefficient (Wildman–Crippen LogP) is 9.23. The second-order valence-corrected chi connectivity index (χ2v) is 15.5. The molecule has 276 valence electrons. The van der Waals surface area contributed by atoms with Crippen LogP contribution in [-0.4, -0.2) is 47.8 Å². The fraction of sp³-hybridized carbons (Fsp3) is 0.455. The zero-order chi connectivity index (χ0) is 36.6. The van der Waals surface area contributed by atoms with Crippen molar-refractivity contribution >= 4 is 0 Å². The van der Waals surface area contributed by atoms with Crippen molar-refractivity contribution in [2.45, 2.75) is 103 Å². The van der Waals surface area contributed by atoms with Gasteiger partial charge >= 0.3 is 0 Å². The lowest BCUT2D eigenvalue weighted by Crippen LogP contribution is -2.33. The maximum absolute atomic E-state index is 10.4. The van der Waals surface area contributed by atoms with Crippen molar-refractivity contribution in [1.29, 1.82) is 0 Å². The van der Waals surface area contributed by atoms with Gasteiger partial charge in [0.25, 0.3) is 0 Å². The van der Waals surface area contributed by atoms with Gasteiger partial charge in [-0.25, -0.2) is 0 Å². The van der Waals surface area contributed by atoms with Crippen LogP contribution in [0.2, 0.25) is 0 Å². The molecule has 8 nitrogen and oxygen atoms in total. The Morgan fingerprint density at radius 3 is 1.42 bits per heavy atom. The largest absolute Gasteiger partial charge is 0.508 e. The number of aromatic hydroxyl groups is 2. The fourth-order valence-corrected chi connectivity index (χ4v) is 7.88. The van der Waals surface area contributed by atoms with Gasteiger partial charge in [0.1, 0.15) is 57.2 Å². The molecule has 0 saturated carbocycles. The van der Waals surface area contributed by atoms with Crippen LogP contribution < -0.4 is 28.4 Å². The van der Waals surface area contributed by atoms with Crippen molar-refractivity contribution in [1.82, 2.24) is 0 Å². The second kappa shape index (κ2) is 14.4. The Morgan fingerprint density at radius 1 is 0.615 bits per heavy atom. The quantitative estimate of drug-likeness (QED) is 0.205. The molecule has 0 radical (unpaired) electrons. The summed E-state index contributed by atoms with van der Waals surface area (Å²) in [6.45, 7) is 14.7. The first-order valence-corrected chi connectivity index (χ1v) is 18.8. The van der Waals surface area contributed by atoms with E-state index in [1.165, 1.54) is 22.3 Å². The molecule has 0 saturated heterocycles. The zero-order valence-electron chi connectivity index (χ0n) is 31.3. The van der Waals surface area contributed by atoms with E-state index in [9.17, 15) is 10.2 Å². The van der Waals surface area contributed by atoms with E-state index in [1.54, 1.807) is 12.1 Å². The summed E-state index contributed by atoms with van der Waals surface area (Å²) in [7, 11) is 0. The lowest BCUT2D eigenvalue weighted by molar-refractivity contribution is 0.0822. The molecule has 4 aliphatic rings. The average Bonchev–Trinajstić information content (AvgIpc) is 3.11. The molecular weight excluding hydrogens is 656 g/mol. The van der Waals surface area contributed by atoms with Gasteiger partial charge in [0.15, 0.2) is 0 Å². The summed E-state index contributed by atoms with van der Waals surface area (Å²) in [5.74, 6) is 6.07. The summed E-state index contributed by atoms with van der Waals surface area (Å²) in [6.07, 6.45) is 5.64. The monoisotopic (exact) mass is 708 g/mol. The Balaban J connectivity index is 0.000000162. The number of phenolic OH excluding ortho intramolecular Hbond substituents is 2. The van der Waals surface area contributed by atoms with Gasteiger partial charge in [-0.05, 0) is 115 Å². The summed E-state index contributed by atoms with van der Waals surface area (Å²) in [5.41, 5.74) is 6.35. The van der Waals surface area contributed by atoms with Gasteiger partial charge in [0, 0.05) is 46.2 Å². The number of rotatable bonds is 6. The van der Waals surface area contributed by atoms with Gasteiger partial charge in [0.05, 0.1) is 26.4 Å². The molecule has 8 heteroatoms. The van der Waals surface area contributed by atoms with E-state index in [4.69, 9.17) is 28.4 Å². The number of hydrogen-bond donors (Lipinski definition) is 2. The van der Waals surface area contributed by atoms with Crippen LogP contribution in [0, 0.1) is 0 Å². The fourth-order valence-electron chi connectivity index (χ4n) is 7.88. The molecule has 4 aliphatic heterocycles. The number of ether oxygens (including phenoxy) is 6. The van der Waals surface area contributed by atoms with E-state index in [0.29, 0.717) is 37.9 Å². The number of hydrogen-bond acceptors (Lipinski definition) is 8. The van der Waals surface area contributed by atoms with E-state index in [1.807, 2.05) is 38.1 Å². The highest BCUT2D eigenvalue weighted by atomic mass is 16.5. The van der Waals surface area contributed by atoms with Gasteiger partial charge in [-0.15, -0.1) is 0 Å². The molecule has 2 N–H and O–H groups in total. The summed E-state index contributed by atoms with van der Waals surface area (Å²) < 4.78 is 35.5. The molecule has 2 atom stereocenters. The van der Waals surface area contributed by atoms with Crippen LogP contribution in [0.1, 0.15) is 99.6 Å². The third-order valence-corrected chi connectivity index (χ3v) is 10.6. The van der Waals surface area contributed by atoms with E-state index >= 15 is 0 Å². The molecule has 0 spiro atoms. The van der Waals surface area contributed by atoms with Crippen LogP contribution in [0.4, 0.5) is 0 Å². The van der Waals surface area contributed by atoms with Crippen LogP contribution in [0.3, 0.4) is 0 Å². The highest BCUT2D eigenvalue weighted by molar-refractivity contribution is 5.55. The lowest BCUT2D eigenvalue weighted by Gasteiger charge is -2.35. The molecule has 0 fully saturated rings. The average molecular weight is 709 g/mol. The Labute approximate surface area is 307 Å². The van der Waals surface area contributed by atoms with Gasteiger partial charge in [-0.3, -0.25) is 0 Å². The molecule has 8 rings (SSSR count). The van der Waals surface area contributed by atoms with Gasteiger partial charge in [0.2, 0.25) is 0 Å². The highest BCUT2D eigenvalue weighted by Gasteiger charge is 2.34. The van der Waals surface area contributed by atoms with Crippen molar-refractivity contribution < 1.29 is 38.6 Å². The zero-order valence-corrected chi connectivity index (χ0v) is 31.3. The first-order valence-electron chi connectivity index (χ1n) is 18.8. The second-order valence-electron chi connectivity index (χ2n) is 15.5. The Bertz CT molecular complexity index is 1790. The maximum Gasteiger partial charge on any atom is 0.129 e. The third kappa shape index (κ3) is 7.43. The number of fused-ring (bicyclic) bond motifs is 6. The van der Waals surface area contributed by atoms with Gasteiger partial charge in [-0.2, -0.15) is 0 Å². The summed E-state index contributed by atoms with van der Waals surface area (Å²) >= 11 is 0. The van der Waals surface area contributed by atoms with Crippen LogP contribution in [0.5, 0.6) is 46.0 Å². The SMILES string of the molecule is CCOc1ccc([C@@H]2COc3c(ccc4c3CCC(C)(C)O4)C2)c(O)c1.CCOc1ccc([C@@H]2COc3c(ccc4c3CCC(C)(C)O4)C2)c(O)c1. The summed E-state index contributed by atoms with van der Waals surface area (Å²) in [6, 6.07) is 19.5. The molecule has 52 heavy (non-hydrogen) atoms. The minimum absolute atomic E-state index is 0.119. The van der Waals surface area contributed by atoms with Crippen molar-refractivity contribution in [3.8, 4) is 46.0 Å². The predicted molar refractivity (Wildman–Crippen MR) is 201 cm³/mol. The van der Waals surface area contributed by atoms with Crippen molar-refractivity contribution in [2.75, 3.05) is 26.4 Å². The van der Waals surface area contributed by atoms with E-state index in [0.717, 1.165) is 72.6 Å². The van der Waals surface area contributed by atoms with Gasteiger partial charge in [-0.1, -0.05) is 24.3 Å². The molecule has 0 aliphatic carbocycles. The summed E-state index contributed by atoms with van der Waals surface area (Å²) in [4.78, 5) is 0. The van der Waals surface area contributed by atoms with E-state index in [-0.39, 0.29) is 34.5 Å². The van der Waals surface area contributed by atoms with Crippen LogP contribution in [0.25, 0.3) is 0 Å². The maximum atomic E-state index is 10.4. The van der Waals surface area contributed by atoms with E-state index in [2.05, 4.69) is 52.0 Å². The first-order chi connectivity index (χ1) is 24.9. The molecule has 4 aromatic rings. The standard InChI is InChI=1S/2C22H26O4/c2*1-4-24-16-6-7-17(19(23)12-16)15-11-14-5-8-20-18(21(14)25-13-15)9-10-22(2,3)26-20/h2*5-8,12,15,23H,4,9-11,13H2,1-3H3/t2*15-/m00/s1. The van der Waals surface area contributed by atoms with Crippen molar-refractivity contribution in [3.05, 3.63) is 94.0 Å². The Kier molecular flexibility index (Phi) is 9.85. The normalized spacial score (nSPS) is 20.3. The van der Waals surface area contributed by atoms with Crippen molar-refractivity contribution in [3.63, 3.8) is 0 Å². The molecule has 0 aromatic heterocycles. The molecule has 0 amide bonds. The molecule has 4 heterocycles. The van der Waals surface area contributed by atoms with Gasteiger partial charge < -0.3 is 38.6 Å². The highest BCUT2D eigenvalue weighted by Crippen LogP contribution is 2.46. The Morgan fingerprint density at radius 2 is 1.04 bits per heavy atom. The van der Waals surface area contributed by atoms with Crippen LogP contribution in [0.15, 0.2) is 60.7 Å². The van der Waals surface area contributed by atoms with Crippen LogP contribution >= 0.6 is 0 Å². The smallest absolute Gasteiger partial charge is 0.129 e. The number of phenols is 2. The number of benzene rings is 4. The van der Waals surface area contributed by atoms with Crippen LogP contribution in [-0.2, 0) is 25.7 Å². The Hall–Kier alpha value is -4.72. The molecular formula is C44H52O8. The topological polar surface area (TPSA) is 95.8 Å². The first kappa shape index (κ1) is 35.7. The minimum atomic E-state index is -0.119. The molecule has 0 unspecified atom stereocenters. The molecule has 0 bridgehead atoms.